The number of hydrogen-bond donors (Lipinski definition) is 2. The minimum absolute atomic E-state index is 0.149. The van der Waals surface area contributed by atoms with Crippen molar-refractivity contribution in [1.82, 2.24) is 14.9 Å². The van der Waals surface area contributed by atoms with E-state index in [0.29, 0.717) is 25.1 Å². The van der Waals surface area contributed by atoms with Crippen molar-refractivity contribution in [2.45, 2.75) is 18.9 Å². The van der Waals surface area contributed by atoms with Gasteiger partial charge in [-0.25, -0.2) is 0 Å². The molecule has 19 heavy (non-hydrogen) atoms. The summed E-state index contributed by atoms with van der Waals surface area (Å²) in [6.45, 7) is 3.05. The van der Waals surface area contributed by atoms with Crippen LogP contribution in [0.15, 0.2) is 6.33 Å². The highest BCUT2D eigenvalue weighted by atomic mass is 16.6. The smallest absolute Gasteiger partial charge is 0.376 e. The van der Waals surface area contributed by atoms with Gasteiger partial charge in [-0.1, -0.05) is 0 Å². The summed E-state index contributed by atoms with van der Waals surface area (Å²) in [4.78, 5) is 14.0. The molecular formula is C11H19N5O3. The molecule has 0 radical (unpaired) electrons. The van der Waals surface area contributed by atoms with E-state index in [1.54, 1.807) is 11.6 Å². The van der Waals surface area contributed by atoms with Crippen molar-refractivity contribution >= 4 is 11.6 Å². The van der Waals surface area contributed by atoms with Gasteiger partial charge in [-0.2, -0.15) is 0 Å². The number of aromatic nitrogens is 2. The number of anilines is 1. The van der Waals surface area contributed by atoms with E-state index in [2.05, 4.69) is 15.6 Å². The molecule has 1 fully saturated rings. The molecule has 0 aliphatic carbocycles. The van der Waals surface area contributed by atoms with Crippen molar-refractivity contribution in [2.75, 3.05) is 31.6 Å². The predicted octanol–water partition coefficient (Wildman–Crippen LogP) is 0.509. The summed E-state index contributed by atoms with van der Waals surface area (Å²) in [5.74, 6) is 0.267. The summed E-state index contributed by atoms with van der Waals surface area (Å²) in [5, 5.41) is 17.0. The van der Waals surface area contributed by atoms with E-state index in [1.807, 2.05) is 0 Å². The molecule has 8 heteroatoms. The fraction of sp³-hybridized carbons (Fsp3) is 0.727. The Morgan fingerprint density at radius 2 is 2.37 bits per heavy atom. The average molecular weight is 269 g/mol. The van der Waals surface area contributed by atoms with Gasteiger partial charge in [0.05, 0.1) is 12.7 Å². The van der Waals surface area contributed by atoms with Crippen LogP contribution in [0.1, 0.15) is 12.8 Å². The highest BCUT2D eigenvalue weighted by Crippen LogP contribution is 2.20. The van der Waals surface area contributed by atoms with Crippen molar-refractivity contribution in [3.63, 3.8) is 0 Å². The van der Waals surface area contributed by atoms with E-state index in [9.17, 15) is 10.1 Å². The van der Waals surface area contributed by atoms with Gasteiger partial charge in [0.15, 0.2) is 0 Å². The van der Waals surface area contributed by atoms with Gasteiger partial charge in [-0.15, -0.1) is 0 Å². The quantitative estimate of drug-likeness (QED) is 0.444. The second-order valence-electron chi connectivity index (χ2n) is 4.53. The van der Waals surface area contributed by atoms with Crippen LogP contribution < -0.4 is 10.6 Å². The lowest BCUT2D eigenvalue weighted by Gasteiger charge is -2.22. The van der Waals surface area contributed by atoms with E-state index in [0.717, 1.165) is 25.9 Å². The Morgan fingerprint density at radius 1 is 1.63 bits per heavy atom. The summed E-state index contributed by atoms with van der Waals surface area (Å²) < 4.78 is 7.32. The minimum atomic E-state index is -0.490. The third-order valence-corrected chi connectivity index (χ3v) is 3.12. The number of hydrogen-bond acceptors (Lipinski definition) is 6. The lowest BCUT2D eigenvalue weighted by molar-refractivity contribution is -0.388. The maximum atomic E-state index is 10.8. The average Bonchev–Trinajstić information content (AvgIpc) is 2.77. The van der Waals surface area contributed by atoms with Crippen molar-refractivity contribution in [3.8, 4) is 0 Å². The molecule has 8 nitrogen and oxygen atoms in total. The molecule has 1 saturated heterocycles. The van der Waals surface area contributed by atoms with Gasteiger partial charge in [0.25, 0.3) is 0 Å². The number of nitrogens with one attached hydrogen (secondary N) is 2. The molecule has 0 atom stereocenters. The highest BCUT2D eigenvalue weighted by Gasteiger charge is 2.19. The third-order valence-electron chi connectivity index (χ3n) is 3.12. The molecule has 0 amide bonds. The fourth-order valence-corrected chi connectivity index (χ4v) is 2.11. The second kappa shape index (κ2) is 6.48. The third kappa shape index (κ3) is 3.65. The maximum Gasteiger partial charge on any atom is 0.406 e. The number of imidazole rings is 1. The molecule has 1 aromatic rings. The molecule has 2 rings (SSSR count). The second-order valence-corrected chi connectivity index (χ2v) is 4.53. The highest BCUT2D eigenvalue weighted by molar-refractivity contribution is 5.51. The van der Waals surface area contributed by atoms with Crippen LogP contribution in [0, 0.1) is 10.1 Å². The van der Waals surface area contributed by atoms with Gasteiger partial charge in [-0.05, 0) is 35.8 Å². The van der Waals surface area contributed by atoms with E-state index >= 15 is 0 Å². The predicted molar refractivity (Wildman–Crippen MR) is 70.2 cm³/mol. The zero-order chi connectivity index (χ0) is 13.7. The van der Waals surface area contributed by atoms with Gasteiger partial charge < -0.3 is 25.5 Å². The number of nitrogens with zero attached hydrogens (tertiary/aromatic N) is 3. The van der Waals surface area contributed by atoms with E-state index in [1.165, 1.54) is 6.33 Å². The van der Waals surface area contributed by atoms with Crippen molar-refractivity contribution in [1.29, 1.82) is 0 Å². The zero-order valence-corrected chi connectivity index (χ0v) is 11.0. The number of rotatable bonds is 6. The summed E-state index contributed by atoms with van der Waals surface area (Å²) in [6.07, 6.45) is 3.76. The van der Waals surface area contributed by atoms with E-state index in [-0.39, 0.29) is 5.82 Å². The lowest BCUT2D eigenvalue weighted by Crippen LogP contribution is -2.33. The molecule has 0 aromatic carbocycles. The number of piperidine rings is 1. The van der Waals surface area contributed by atoms with Gasteiger partial charge in [0.1, 0.15) is 0 Å². The van der Waals surface area contributed by atoms with Gasteiger partial charge in [-0.3, -0.25) is 4.57 Å². The van der Waals surface area contributed by atoms with Crippen molar-refractivity contribution in [3.05, 3.63) is 16.4 Å². The summed E-state index contributed by atoms with van der Waals surface area (Å²) in [7, 11) is 1.72. The first-order valence-electron chi connectivity index (χ1n) is 6.40. The minimum Gasteiger partial charge on any atom is -0.376 e. The van der Waals surface area contributed by atoms with Gasteiger partial charge in [0, 0.05) is 13.6 Å². The summed E-state index contributed by atoms with van der Waals surface area (Å²) in [5.41, 5.74) is 0. The zero-order valence-electron chi connectivity index (χ0n) is 11.0. The Morgan fingerprint density at radius 3 is 3.05 bits per heavy atom. The SMILES string of the molecule is Cn1cnc([N+](=O)[O-])c1NCCOC1CCNCC1. The number of aryl methyl sites for hydroxylation is 1. The Balaban J connectivity index is 1.76. The summed E-state index contributed by atoms with van der Waals surface area (Å²) in [6, 6.07) is 0. The van der Waals surface area contributed by atoms with Crippen LogP contribution in [-0.4, -0.2) is 46.8 Å². The molecule has 1 aliphatic heterocycles. The summed E-state index contributed by atoms with van der Waals surface area (Å²) >= 11 is 0. The van der Waals surface area contributed by atoms with Crippen LogP contribution in [0.3, 0.4) is 0 Å². The molecular weight excluding hydrogens is 250 g/mol. The topological polar surface area (TPSA) is 94.2 Å². The Labute approximate surface area is 111 Å². The van der Waals surface area contributed by atoms with Gasteiger partial charge in [0.2, 0.25) is 12.1 Å². The molecule has 1 aromatic heterocycles. The van der Waals surface area contributed by atoms with Crippen LogP contribution >= 0.6 is 0 Å². The lowest BCUT2D eigenvalue weighted by atomic mass is 10.1. The van der Waals surface area contributed by atoms with E-state index in [4.69, 9.17) is 4.74 Å². The van der Waals surface area contributed by atoms with Crippen LogP contribution in [0.2, 0.25) is 0 Å². The number of nitro groups is 1. The van der Waals surface area contributed by atoms with Crippen molar-refractivity contribution < 1.29 is 9.66 Å². The van der Waals surface area contributed by atoms with Crippen LogP contribution in [0.5, 0.6) is 0 Å². The Kier molecular flexibility index (Phi) is 4.69. The molecule has 0 bridgehead atoms. The molecule has 0 saturated carbocycles. The first-order chi connectivity index (χ1) is 9.18. The standard InChI is InChI=1S/C11H19N5O3/c1-15-8-14-11(16(17)18)10(15)13-6-7-19-9-2-4-12-5-3-9/h8-9,12-13H,2-7H2,1H3. The first kappa shape index (κ1) is 13.8. The fourth-order valence-electron chi connectivity index (χ4n) is 2.11. The first-order valence-corrected chi connectivity index (χ1v) is 6.40. The Hall–Kier alpha value is -1.67. The maximum absolute atomic E-state index is 10.8. The van der Waals surface area contributed by atoms with Crippen LogP contribution in [-0.2, 0) is 11.8 Å². The molecule has 0 unspecified atom stereocenters. The molecule has 2 N–H and O–H groups in total. The Bertz CT molecular complexity index is 428. The largest absolute Gasteiger partial charge is 0.406 e. The molecule has 2 heterocycles. The molecule has 106 valence electrons. The van der Waals surface area contributed by atoms with Crippen LogP contribution in [0.25, 0.3) is 0 Å². The molecule has 1 aliphatic rings. The van der Waals surface area contributed by atoms with E-state index < -0.39 is 4.92 Å². The molecule has 0 spiro atoms. The van der Waals surface area contributed by atoms with Crippen LogP contribution in [0.4, 0.5) is 11.6 Å². The van der Waals surface area contributed by atoms with Crippen molar-refractivity contribution in [2.24, 2.45) is 7.05 Å². The number of ether oxygens (including phenoxy) is 1. The monoisotopic (exact) mass is 269 g/mol. The van der Waals surface area contributed by atoms with Gasteiger partial charge >= 0.3 is 5.82 Å². The normalized spacial score (nSPS) is 16.5.